The van der Waals surface area contributed by atoms with Crippen LogP contribution in [0, 0.1) is 6.92 Å². The Hall–Kier alpha value is -2.87. The van der Waals surface area contributed by atoms with E-state index >= 15 is 0 Å². The largest absolute Gasteiger partial charge is 0.467 e. The van der Waals surface area contributed by atoms with Gasteiger partial charge in [0.15, 0.2) is 10.9 Å². The van der Waals surface area contributed by atoms with Crippen molar-refractivity contribution in [3.8, 4) is 11.6 Å². The summed E-state index contributed by atoms with van der Waals surface area (Å²) in [6.07, 6.45) is 4.13. The summed E-state index contributed by atoms with van der Waals surface area (Å²) in [7, 11) is 0. The number of aromatic nitrogens is 5. The third kappa shape index (κ3) is 3.41. The van der Waals surface area contributed by atoms with E-state index in [0.29, 0.717) is 23.3 Å². The van der Waals surface area contributed by atoms with Crippen molar-refractivity contribution in [2.24, 2.45) is 0 Å². The average molecular weight is 367 g/mol. The van der Waals surface area contributed by atoms with Crippen LogP contribution in [-0.2, 0) is 13.0 Å². The summed E-state index contributed by atoms with van der Waals surface area (Å²) in [4.78, 5) is 8.94. The van der Waals surface area contributed by atoms with Crippen LogP contribution in [0.25, 0.3) is 11.6 Å². The number of furan rings is 2. The van der Waals surface area contributed by atoms with E-state index in [4.69, 9.17) is 8.83 Å². The number of hydrogen-bond donors (Lipinski definition) is 0. The molecule has 0 radical (unpaired) electrons. The summed E-state index contributed by atoms with van der Waals surface area (Å²) in [6.45, 7) is 4.47. The van der Waals surface area contributed by atoms with E-state index in [-0.39, 0.29) is 0 Å². The van der Waals surface area contributed by atoms with Crippen LogP contribution in [0.5, 0.6) is 0 Å². The molecule has 0 aromatic carbocycles. The Balaban J connectivity index is 1.72. The molecule has 4 heterocycles. The summed E-state index contributed by atoms with van der Waals surface area (Å²) in [6, 6.07) is 9.46. The molecule has 0 saturated heterocycles. The van der Waals surface area contributed by atoms with Gasteiger partial charge in [-0.05, 0) is 55.4 Å². The summed E-state index contributed by atoms with van der Waals surface area (Å²) >= 11 is 1.45. The number of hydrogen-bond acceptors (Lipinski definition) is 7. The van der Waals surface area contributed by atoms with Gasteiger partial charge in [0.25, 0.3) is 0 Å². The zero-order chi connectivity index (χ0) is 17.9. The molecule has 7 nitrogen and oxygen atoms in total. The molecule has 0 aliphatic carbocycles. The van der Waals surface area contributed by atoms with Crippen molar-refractivity contribution in [1.82, 2.24) is 24.7 Å². The lowest BCUT2D eigenvalue weighted by molar-refractivity contribution is 0.482. The number of rotatable bonds is 6. The van der Waals surface area contributed by atoms with Gasteiger partial charge in [0.1, 0.15) is 16.6 Å². The van der Waals surface area contributed by atoms with Crippen molar-refractivity contribution in [3.63, 3.8) is 0 Å². The minimum absolute atomic E-state index is 0.503. The fraction of sp³-hybridized carbons (Fsp3) is 0.222. The summed E-state index contributed by atoms with van der Waals surface area (Å²) in [5, 5.41) is 10.2. The first kappa shape index (κ1) is 16.6. The molecule has 0 N–H and O–H groups in total. The molecule has 0 fully saturated rings. The van der Waals surface area contributed by atoms with E-state index < -0.39 is 0 Å². The Morgan fingerprint density at radius 3 is 2.65 bits per heavy atom. The quantitative estimate of drug-likeness (QED) is 0.476. The maximum atomic E-state index is 5.51. The summed E-state index contributed by atoms with van der Waals surface area (Å²) in [5.41, 5.74) is 1.00. The van der Waals surface area contributed by atoms with Gasteiger partial charge in [0.2, 0.25) is 5.82 Å². The SMILES string of the molecule is CCc1cc(Sc2nnc(-c3ccco3)n2Cc2ccco2)nc(C)n1. The zero-order valence-electron chi connectivity index (χ0n) is 14.4. The second-order valence-corrected chi connectivity index (χ2v) is 6.64. The van der Waals surface area contributed by atoms with Crippen LogP contribution in [-0.4, -0.2) is 24.7 Å². The smallest absolute Gasteiger partial charge is 0.200 e. The number of aryl methyl sites for hydroxylation is 2. The maximum Gasteiger partial charge on any atom is 0.200 e. The number of nitrogens with zero attached hydrogens (tertiary/aromatic N) is 5. The standard InChI is InChI=1S/C18H17N5O2S/c1-3-13-10-16(20-12(2)19-13)26-18-22-21-17(15-7-5-9-25-15)23(18)11-14-6-4-8-24-14/h4-10H,3,11H2,1-2H3. The lowest BCUT2D eigenvalue weighted by atomic mass is 10.3. The second-order valence-electron chi connectivity index (χ2n) is 5.65. The van der Waals surface area contributed by atoms with E-state index in [0.717, 1.165) is 28.7 Å². The molecule has 0 unspecified atom stereocenters. The molecule has 0 aliphatic heterocycles. The van der Waals surface area contributed by atoms with Gasteiger partial charge in [-0.3, -0.25) is 4.57 Å². The van der Waals surface area contributed by atoms with E-state index in [1.54, 1.807) is 12.5 Å². The Labute approximate surface area is 154 Å². The van der Waals surface area contributed by atoms with Crippen molar-refractivity contribution in [3.05, 3.63) is 60.1 Å². The van der Waals surface area contributed by atoms with Crippen molar-refractivity contribution in [2.75, 3.05) is 0 Å². The van der Waals surface area contributed by atoms with Gasteiger partial charge in [-0.1, -0.05) is 6.92 Å². The van der Waals surface area contributed by atoms with Gasteiger partial charge in [-0.25, -0.2) is 9.97 Å². The molecule has 0 amide bonds. The predicted molar refractivity (Wildman–Crippen MR) is 95.8 cm³/mol. The first-order chi connectivity index (χ1) is 12.7. The maximum absolute atomic E-state index is 5.51. The lowest BCUT2D eigenvalue weighted by Crippen LogP contribution is -2.03. The minimum Gasteiger partial charge on any atom is -0.467 e. The molecule has 4 rings (SSSR count). The van der Waals surface area contributed by atoms with E-state index in [1.807, 2.05) is 41.8 Å². The Morgan fingerprint density at radius 2 is 1.92 bits per heavy atom. The highest BCUT2D eigenvalue weighted by atomic mass is 32.2. The van der Waals surface area contributed by atoms with Gasteiger partial charge in [0.05, 0.1) is 19.1 Å². The third-order valence-corrected chi connectivity index (χ3v) is 4.68. The van der Waals surface area contributed by atoms with Gasteiger partial charge in [-0.15, -0.1) is 10.2 Å². The molecule has 8 heteroatoms. The molecule has 132 valence electrons. The van der Waals surface area contributed by atoms with Crippen LogP contribution in [0.1, 0.15) is 24.2 Å². The van der Waals surface area contributed by atoms with Crippen LogP contribution in [0.4, 0.5) is 0 Å². The van der Waals surface area contributed by atoms with Crippen LogP contribution >= 0.6 is 11.8 Å². The highest BCUT2D eigenvalue weighted by molar-refractivity contribution is 7.99. The van der Waals surface area contributed by atoms with E-state index in [2.05, 4.69) is 27.1 Å². The van der Waals surface area contributed by atoms with Crippen LogP contribution < -0.4 is 0 Å². The predicted octanol–water partition coefficient (Wildman–Crippen LogP) is 3.99. The zero-order valence-corrected chi connectivity index (χ0v) is 15.2. The van der Waals surface area contributed by atoms with Gasteiger partial charge < -0.3 is 8.83 Å². The van der Waals surface area contributed by atoms with Crippen molar-refractivity contribution in [1.29, 1.82) is 0 Å². The molecule has 0 saturated carbocycles. The van der Waals surface area contributed by atoms with Crippen molar-refractivity contribution in [2.45, 2.75) is 37.0 Å². The molecule has 4 aromatic heterocycles. The first-order valence-corrected chi connectivity index (χ1v) is 9.06. The highest BCUT2D eigenvalue weighted by Crippen LogP contribution is 2.30. The van der Waals surface area contributed by atoms with Gasteiger partial charge in [-0.2, -0.15) is 0 Å². The Bertz CT molecular complexity index is 993. The second kappa shape index (κ2) is 7.17. The van der Waals surface area contributed by atoms with E-state index in [1.165, 1.54) is 11.8 Å². The minimum atomic E-state index is 0.503. The Morgan fingerprint density at radius 1 is 1.08 bits per heavy atom. The Kier molecular flexibility index (Phi) is 4.57. The molecule has 0 spiro atoms. The van der Waals surface area contributed by atoms with E-state index in [9.17, 15) is 0 Å². The molecule has 4 aromatic rings. The normalized spacial score (nSPS) is 11.2. The molecule has 0 atom stereocenters. The van der Waals surface area contributed by atoms with Crippen molar-refractivity contribution < 1.29 is 8.83 Å². The molecule has 0 aliphatic rings. The molecule has 26 heavy (non-hydrogen) atoms. The third-order valence-electron chi connectivity index (χ3n) is 3.78. The summed E-state index contributed by atoms with van der Waals surface area (Å²) < 4.78 is 13.0. The lowest BCUT2D eigenvalue weighted by Gasteiger charge is -2.08. The first-order valence-electron chi connectivity index (χ1n) is 8.25. The van der Waals surface area contributed by atoms with Crippen LogP contribution in [0.2, 0.25) is 0 Å². The van der Waals surface area contributed by atoms with Crippen LogP contribution in [0.15, 0.2) is 61.9 Å². The average Bonchev–Trinajstić information content (AvgIpc) is 3.37. The molecular weight excluding hydrogens is 350 g/mol. The van der Waals surface area contributed by atoms with Gasteiger partial charge in [0, 0.05) is 5.69 Å². The van der Waals surface area contributed by atoms with Gasteiger partial charge >= 0.3 is 0 Å². The summed E-state index contributed by atoms with van der Waals surface area (Å²) in [5.74, 6) is 2.86. The molecule has 0 bridgehead atoms. The highest BCUT2D eigenvalue weighted by Gasteiger charge is 2.19. The molecular formula is C18H17N5O2S. The topological polar surface area (TPSA) is 82.8 Å². The monoisotopic (exact) mass is 367 g/mol. The van der Waals surface area contributed by atoms with Crippen LogP contribution in [0.3, 0.4) is 0 Å². The fourth-order valence-electron chi connectivity index (χ4n) is 2.58. The van der Waals surface area contributed by atoms with Crippen molar-refractivity contribution >= 4 is 11.8 Å². The fourth-order valence-corrected chi connectivity index (χ4v) is 3.48.